The largest absolute Gasteiger partial charge is 0.396 e. The molecule has 0 spiro atoms. The van der Waals surface area contributed by atoms with Crippen LogP contribution < -0.4 is 10.6 Å². The lowest BCUT2D eigenvalue weighted by molar-refractivity contribution is 0.143. The van der Waals surface area contributed by atoms with Gasteiger partial charge in [-0.15, -0.1) is 0 Å². The molecule has 132 valence electrons. The fourth-order valence-corrected chi connectivity index (χ4v) is 2.38. The van der Waals surface area contributed by atoms with E-state index < -0.39 is 0 Å². The second kappa shape index (κ2) is 15.1. The average molecular weight is 316 g/mol. The predicted molar refractivity (Wildman–Crippen MR) is 94.4 cm³/mol. The van der Waals surface area contributed by atoms with Crippen LogP contribution in [0.25, 0.3) is 0 Å². The number of hydrogen-bond donors (Lipinski definition) is 3. The minimum atomic E-state index is 0.244. The number of hydrogen-bond acceptors (Lipinski definition) is 3. The van der Waals surface area contributed by atoms with Crippen LogP contribution in [0.4, 0.5) is 0 Å². The van der Waals surface area contributed by atoms with E-state index in [0.29, 0.717) is 11.8 Å². The summed E-state index contributed by atoms with van der Waals surface area (Å²) in [4.78, 5) is 4.67. The number of aliphatic hydroxyl groups excluding tert-OH is 1. The van der Waals surface area contributed by atoms with Crippen molar-refractivity contribution in [2.75, 3.05) is 39.5 Å². The maximum atomic E-state index is 9.17. The summed E-state index contributed by atoms with van der Waals surface area (Å²) in [6, 6.07) is 0. The first kappa shape index (κ1) is 21.2. The van der Waals surface area contributed by atoms with Crippen LogP contribution in [0.1, 0.15) is 53.4 Å². The number of ether oxygens (including phenoxy) is 1. The highest BCUT2D eigenvalue weighted by Crippen LogP contribution is 2.15. The Morgan fingerprint density at radius 3 is 2.55 bits per heavy atom. The lowest BCUT2D eigenvalue weighted by atomic mass is 9.94. The van der Waals surface area contributed by atoms with Crippen LogP contribution in [0.15, 0.2) is 4.99 Å². The van der Waals surface area contributed by atoms with E-state index in [1.165, 1.54) is 0 Å². The normalized spacial score (nSPS) is 13.5. The Kier molecular flexibility index (Phi) is 14.5. The summed E-state index contributed by atoms with van der Waals surface area (Å²) in [6.45, 7) is 12.9. The zero-order valence-electron chi connectivity index (χ0n) is 15.0. The van der Waals surface area contributed by atoms with Crippen molar-refractivity contribution in [2.45, 2.75) is 53.4 Å². The van der Waals surface area contributed by atoms with Crippen LogP contribution in [0.2, 0.25) is 0 Å². The molecule has 5 heteroatoms. The van der Waals surface area contributed by atoms with Gasteiger partial charge in [-0.1, -0.05) is 13.8 Å². The summed E-state index contributed by atoms with van der Waals surface area (Å²) in [7, 11) is 0. The molecule has 22 heavy (non-hydrogen) atoms. The van der Waals surface area contributed by atoms with E-state index >= 15 is 0 Å². The van der Waals surface area contributed by atoms with Crippen molar-refractivity contribution in [3.63, 3.8) is 0 Å². The number of aliphatic imine (C=N–C) groups is 1. The van der Waals surface area contributed by atoms with E-state index in [-0.39, 0.29) is 6.61 Å². The highest BCUT2D eigenvalue weighted by molar-refractivity contribution is 5.79. The second-order valence-electron chi connectivity index (χ2n) is 6.06. The van der Waals surface area contributed by atoms with E-state index in [2.05, 4.69) is 36.4 Å². The topological polar surface area (TPSA) is 65.9 Å². The minimum Gasteiger partial charge on any atom is -0.396 e. The molecular weight excluding hydrogens is 278 g/mol. The van der Waals surface area contributed by atoms with Crippen LogP contribution >= 0.6 is 0 Å². The van der Waals surface area contributed by atoms with Gasteiger partial charge in [-0.05, 0) is 51.4 Å². The maximum absolute atomic E-state index is 9.17. The lowest BCUT2D eigenvalue weighted by Crippen LogP contribution is -2.38. The van der Waals surface area contributed by atoms with Crippen LogP contribution in [-0.2, 0) is 4.74 Å². The lowest BCUT2D eigenvalue weighted by Gasteiger charge is -2.17. The quantitative estimate of drug-likeness (QED) is 0.277. The van der Waals surface area contributed by atoms with Gasteiger partial charge >= 0.3 is 0 Å². The molecule has 0 fully saturated rings. The molecule has 0 amide bonds. The first-order valence-electron chi connectivity index (χ1n) is 8.84. The molecule has 0 rings (SSSR count). The van der Waals surface area contributed by atoms with Gasteiger partial charge in [0.2, 0.25) is 0 Å². The van der Waals surface area contributed by atoms with Crippen molar-refractivity contribution in [1.29, 1.82) is 0 Å². The number of nitrogens with zero attached hydrogens (tertiary/aromatic N) is 1. The number of aliphatic hydroxyl groups is 1. The van der Waals surface area contributed by atoms with Crippen molar-refractivity contribution in [2.24, 2.45) is 16.8 Å². The molecule has 3 N–H and O–H groups in total. The van der Waals surface area contributed by atoms with Gasteiger partial charge in [0.15, 0.2) is 5.96 Å². The molecule has 0 aromatic rings. The molecule has 0 bridgehead atoms. The van der Waals surface area contributed by atoms with Gasteiger partial charge in [-0.25, -0.2) is 0 Å². The van der Waals surface area contributed by atoms with Crippen molar-refractivity contribution in [3.8, 4) is 0 Å². The molecule has 0 aromatic heterocycles. The second-order valence-corrected chi connectivity index (χ2v) is 6.06. The Balaban J connectivity index is 4.15. The highest BCUT2D eigenvalue weighted by Gasteiger charge is 2.10. The fourth-order valence-electron chi connectivity index (χ4n) is 2.38. The Morgan fingerprint density at radius 2 is 1.95 bits per heavy atom. The van der Waals surface area contributed by atoms with Crippen LogP contribution in [0, 0.1) is 11.8 Å². The third-order valence-corrected chi connectivity index (χ3v) is 3.41. The van der Waals surface area contributed by atoms with Gasteiger partial charge in [0.25, 0.3) is 0 Å². The van der Waals surface area contributed by atoms with Crippen molar-refractivity contribution in [1.82, 2.24) is 10.6 Å². The molecular formula is C17H37N3O2. The van der Waals surface area contributed by atoms with E-state index in [9.17, 15) is 5.11 Å². The summed E-state index contributed by atoms with van der Waals surface area (Å²) < 4.78 is 5.33. The number of nitrogens with one attached hydrogen (secondary N) is 2. The minimum absolute atomic E-state index is 0.244. The molecule has 0 aliphatic heterocycles. The Hall–Kier alpha value is -0.810. The molecule has 0 aromatic carbocycles. The SMILES string of the molecule is CCNC(=NCC(CCO)CC(C)C)NCCCCOCC. The van der Waals surface area contributed by atoms with Gasteiger partial charge in [0.05, 0.1) is 0 Å². The molecule has 0 heterocycles. The van der Waals surface area contributed by atoms with Crippen LogP contribution in [0.5, 0.6) is 0 Å². The van der Waals surface area contributed by atoms with Crippen molar-refractivity contribution in [3.05, 3.63) is 0 Å². The summed E-state index contributed by atoms with van der Waals surface area (Å²) >= 11 is 0. The van der Waals surface area contributed by atoms with Crippen molar-refractivity contribution < 1.29 is 9.84 Å². The van der Waals surface area contributed by atoms with E-state index in [4.69, 9.17) is 4.74 Å². The van der Waals surface area contributed by atoms with Gasteiger partial charge in [-0.3, -0.25) is 4.99 Å². The number of guanidine groups is 1. The Morgan fingerprint density at radius 1 is 1.18 bits per heavy atom. The zero-order valence-corrected chi connectivity index (χ0v) is 15.0. The van der Waals surface area contributed by atoms with E-state index in [0.717, 1.165) is 64.5 Å². The van der Waals surface area contributed by atoms with Gasteiger partial charge in [-0.2, -0.15) is 0 Å². The molecule has 0 aliphatic rings. The number of unbranched alkanes of at least 4 members (excludes halogenated alkanes) is 1. The van der Waals surface area contributed by atoms with Gasteiger partial charge < -0.3 is 20.5 Å². The molecule has 0 saturated heterocycles. The molecule has 1 atom stereocenters. The third kappa shape index (κ3) is 12.9. The predicted octanol–water partition coefficient (Wildman–Crippen LogP) is 2.40. The molecule has 1 unspecified atom stereocenters. The first-order valence-corrected chi connectivity index (χ1v) is 8.84. The van der Waals surface area contributed by atoms with Gasteiger partial charge in [0.1, 0.15) is 0 Å². The van der Waals surface area contributed by atoms with Crippen LogP contribution in [0.3, 0.4) is 0 Å². The third-order valence-electron chi connectivity index (χ3n) is 3.41. The van der Waals surface area contributed by atoms with Gasteiger partial charge in [0, 0.05) is 39.5 Å². The van der Waals surface area contributed by atoms with E-state index in [1.54, 1.807) is 0 Å². The Labute approximate surface area is 136 Å². The standard InChI is InChI=1S/C17H37N3O2/c1-5-18-17(19-10-7-8-12-22-6-2)20-14-16(9-11-21)13-15(3)4/h15-16,21H,5-14H2,1-4H3,(H2,18,19,20). The Bertz CT molecular complexity index is 271. The molecule has 0 aliphatic carbocycles. The highest BCUT2D eigenvalue weighted by atomic mass is 16.5. The molecule has 0 saturated carbocycles. The molecule has 0 radical (unpaired) electrons. The monoisotopic (exact) mass is 315 g/mol. The van der Waals surface area contributed by atoms with E-state index in [1.807, 2.05) is 6.92 Å². The van der Waals surface area contributed by atoms with Crippen LogP contribution in [-0.4, -0.2) is 50.5 Å². The number of rotatable bonds is 13. The summed E-state index contributed by atoms with van der Waals surface area (Å²) in [6.07, 6.45) is 4.09. The van der Waals surface area contributed by atoms with Crippen molar-refractivity contribution >= 4 is 5.96 Å². The molecule has 5 nitrogen and oxygen atoms in total. The fraction of sp³-hybridized carbons (Fsp3) is 0.941. The summed E-state index contributed by atoms with van der Waals surface area (Å²) in [5, 5.41) is 15.8. The summed E-state index contributed by atoms with van der Waals surface area (Å²) in [5.41, 5.74) is 0. The smallest absolute Gasteiger partial charge is 0.191 e. The first-order chi connectivity index (χ1) is 10.6. The average Bonchev–Trinajstić information content (AvgIpc) is 2.47. The summed E-state index contributed by atoms with van der Waals surface area (Å²) in [5.74, 6) is 1.98. The zero-order chi connectivity index (χ0) is 16.6. The maximum Gasteiger partial charge on any atom is 0.191 e.